The SMILES string of the molecule is O=C(O)C[C@H](NC(=O)C=Cc1ccc(O)c(O)c1)C(=O)NCCc1ccc(O)c(O)c1. The first-order chi connectivity index (χ1) is 14.7. The number of amides is 2. The molecule has 0 radical (unpaired) electrons. The van der Waals surface area contributed by atoms with E-state index >= 15 is 0 Å². The van der Waals surface area contributed by atoms with Gasteiger partial charge in [-0.05, 0) is 47.9 Å². The number of phenolic OH excluding ortho intramolecular Hbond substituents is 4. The standard InChI is InChI=1S/C21H22N2O8/c24-15-4-1-12(9-17(15)26)3-6-19(28)23-14(11-20(29)30)21(31)22-8-7-13-2-5-16(25)18(27)10-13/h1-6,9-10,14,24-27H,7-8,11H2,(H,22,31)(H,23,28)(H,29,30)/t14-/m0/s1. The van der Waals surface area contributed by atoms with Crippen molar-refractivity contribution in [3.8, 4) is 23.0 Å². The lowest BCUT2D eigenvalue weighted by atomic mass is 10.1. The van der Waals surface area contributed by atoms with Crippen molar-refractivity contribution in [2.24, 2.45) is 0 Å². The minimum absolute atomic E-state index is 0.109. The summed E-state index contributed by atoms with van der Waals surface area (Å²) in [5.41, 5.74) is 1.04. The summed E-state index contributed by atoms with van der Waals surface area (Å²) in [6.07, 6.45) is 2.05. The lowest BCUT2D eigenvalue weighted by Gasteiger charge is -2.16. The van der Waals surface area contributed by atoms with E-state index in [2.05, 4.69) is 10.6 Å². The Morgan fingerprint density at radius 3 is 2.16 bits per heavy atom. The van der Waals surface area contributed by atoms with Crippen LogP contribution in [0.5, 0.6) is 23.0 Å². The van der Waals surface area contributed by atoms with Crippen molar-refractivity contribution in [2.75, 3.05) is 6.54 Å². The summed E-state index contributed by atoms with van der Waals surface area (Å²) in [5.74, 6) is -3.96. The maximum atomic E-state index is 12.3. The third-order valence-corrected chi connectivity index (χ3v) is 4.19. The molecule has 2 aromatic carbocycles. The lowest BCUT2D eigenvalue weighted by Crippen LogP contribution is -2.47. The van der Waals surface area contributed by atoms with Gasteiger partial charge in [-0.25, -0.2) is 0 Å². The molecular weight excluding hydrogens is 408 g/mol. The molecule has 0 heterocycles. The van der Waals surface area contributed by atoms with Crippen molar-refractivity contribution in [3.63, 3.8) is 0 Å². The number of aliphatic carboxylic acids is 1. The number of nitrogens with one attached hydrogen (secondary N) is 2. The van der Waals surface area contributed by atoms with Crippen LogP contribution in [0.15, 0.2) is 42.5 Å². The van der Waals surface area contributed by atoms with Gasteiger partial charge in [-0.15, -0.1) is 0 Å². The molecular formula is C21H22N2O8. The maximum absolute atomic E-state index is 12.3. The molecule has 0 fully saturated rings. The van der Waals surface area contributed by atoms with Gasteiger partial charge in [-0.1, -0.05) is 12.1 Å². The van der Waals surface area contributed by atoms with Crippen molar-refractivity contribution in [2.45, 2.75) is 18.9 Å². The first kappa shape index (κ1) is 23.1. The molecule has 0 spiro atoms. The van der Waals surface area contributed by atoms with Crippen LogP contribution >= 0.6 is 0 Å². The summed E-state index contributed by atoms with van der Waals surface area (Å²) >= 11 is 0. The Hall–Kier alpha value is -4.21. The first-order valence-corrected chi connectivity index (χ1v) is 9.16. The van der Waals surface area contributed by atoms with Crippen LogP contribution in [0.4, 0.5) is 0 Å². The highest BCUT2D eigenvalue weighted by Crippen LogP contribution is 2.25. The molecule has 0 saturated heterocycles. The zero-order chi connectivity index (χ0) is 23.0. The van der Waals surface area contributed by atoms with Crippen LogP contribution < -0.4 is 10.6 Å². The summed E-state index contributed by atoms with van der Waals surface area (Å²) in [6, 6.07) is 6.79. The second kappa shape index (κ2) is 10.5. The van der Waals surface area contributed by atoms with E-state index < -0.39 is 30.2 Å². The van der Waals surface area contributed by atoms with Crippen LogP contribution in [0.1, 0.15) is 17.5 Å². The Labute approximate surface area is 177 Å². The van der Waals surface area contributed by atoms with Crippen LogP contribution in [-0.4, -0.2) is 55.9 Å². The summed E-state index contributed by atoms with van der Waals surface area (Å²) in [7, 11) is 0. The second-order valence-corrected chi connectivity index (χ2v) is 6.60. The fourth-order valence-corrected chi connectivity index (χ4v) is 2.60. The topological polar surface area (TPSA) is 176 Å². The van der Waals surface area contributed by atoms with Gasteiger partial charge >= 0.3 is 5.97 Å². The van der Waals surface area contributed by atoms with E-state index in [-0.39, 0.29) is 29.5 Å². The molecule has 7 N–H and O–H groups in total. The smallest absolute Gasteiger partial charge is 0.305 e. The van der Waals surface area contributed by atoms with E-state index in [1.807, 2.05) is 0 Å². The molecule has 10 nitrogen and oxygen atoms in total. The Bertz CT molecular complexity index is 1000. The van der Waals surface area contributed by atoms with Gasteiger partial charge in [0.2, 0.25) is 11.8 Å². The van der Waals surface area contributed by atoms with Crippen molar-refractivity contribution in [1.29, 1.82) is 0 Å². The number of carbonyl (C=O) groups is 3. The van der Waals surface area contributed by atoms with Gasteiger partial charge in [0.15, 0.2) is 23.0 Å². The predicted molar refractivity (Wildman–Crippen MR) is 109 cm³/mol. The van der Waals surface area contributed by atoms with E-state index in [1.54, 1.807) is 6.07 Å². The summed E-state index contributed by atoms with van der Waals surface area (Å²) < 4.78 is 0. The van der Waals surface area contributed by atoms with Crippen LogP contribution in [0.2, 0.25) is 0 Å². The quantitative estimate of drug-likeness (QED) is 0.226. The number of phenols is 4. The lowest BCUT2D eigenvalue weighted by molar-refractivity contribution is -0.140. The zero-order valence-electron chi connectivity index (χ0n) is 16.3. The third-order valence-electron chi connectivity index (χ3n) is 4.19. The van der Waals surface area contributed by atoms with Crippen LogP contribution in [0, 0.1) is 0 Å². The van der Waals surface area contributed by atoms with E-state index in [1.165, 1.54) is 36.4 Å². The molecule has 2 aromatic rings. The normalized spacial score (nSPS) is 11.7. The molecule has 2 amide bonds. The zero-order valence-corrected chi connectivity index (χ0v) is 16.3. The van der Waals surface area contributed by atoms with Crippen LogP contribution in [0.3, 0.4) is 0 Å². The fourth-order valence-electron chi connectivity index (χ4n) is 2.60. The number of carboxylic acids is 1. The van der Waals surface area contributed by atoms with E-state index in [4.69, 9.17) is 5.11 Å². The molecule has 0 aliphatic carbocycles. The Kier molecular flexibility index (Phi) is 7.84. The van der Waals surface area contributed by atoms with Gasteiger partial charge in [0, 0.05) is 12.6 Å². The van der Waals surface area contributed by atoms with Crippen LogP contribution in [0.25, 0.3) is 6.08 Å². The van der Waals surface area contributed by atoms with Gasteiger partial charge in [0.1, 0.15) is 6.04 Å². The first-order valence-electron chi connectivity index (χ1n) is 9.16. The third kappa shape index (κ3) is 7.28. The molecule has 0 aliphatic heterocycles. The van der Waals surface area contributed by atoms with Gasteiger partial charge in [-0.2, -0.15) is 0 Å². The minimum Gasteiger partial charge on any atom is -0.504 e. The second-order valence-electron chi connectivity index (χ2n) is 6.60. The van der Waals surface area contributed by atoms with Crippen molar-refractivity contribution in [1.82, 2.24) is 10.6 Å². The van der Waals surface area contributed by atoms with Gasteiger partial charge in [0.05, 0.1) is 6.42 Å². The van der Waals surface area contributed by atoms with Crippen molar-refractivity contribution >= 4 is 23.9 Å². The summed E-state index contributed by atoms with van der Waals surface area (Å²) in [4.78, 5) is 35.5. The van der Waals surface area contributed by atoms with E-state index in [9.17, 15) is 34.8 Å². The Morgan fingerprint density at radius 2 is 1.55 bits per heavy atom. The molecule has 0 aliphatic rings. The van der Waals surface area contributed by atoms with Crippen molar-refractivity contribution in [3.05, 3.63) is 53.6 Å². The van der Waals surface area contributed by atoms with Gasteiger partial charge < -0.3 is 36.2 Å². The molecule has 1 atom stereocenters. The number of rotatable bonds is 9. The number of benzene rings is 2. The van der Waals surface area contributed by atoms with Crippen molar-refractivity contribution < 1.29 is 39.9 Å². The average molecular weight is 430 g/mol. The predicted octanol–water partition coefficient (Wildman–Crippen LogP) is 0.841. The Balaban J connectivity index is 1.94. The minimum atomic E-state index is -1.32. The number of hydrogen-bond donors (Lipinski definition) is 7. The highest BCUT2D eigenvalue weighted by atomic mass is 16.4. The molecule has 31 heavy (non-hydrogen) atoms. The van der Waals surface area contributed by atoms with Gasteiger partial charge in [-0.3, -0.25) is 14.4 Å². The summed E-state index contributed by atoms with van der Waals surface area (Å²) in [6.45, 7) is 0.109. The van der Waals surface area contributed by atoms with E-state index in [0.717, 1.165) is 6.08 Å². The molecule has 164 valence electrons. The van der Waals surface area contributed by atoms with E-state index in [0.29, 0.717) is 17.5 Å². The number of hydrogen-bond acceptors (Lipinski definition) is 7. The molecule has 2 rings (SSSR count). The highest BCUT2D eigenvalue weighted by molar-refractivity contribution is 5.96. The maximum Gasteiger partial charge on any atom is 0.305 e. The Morgan fingerprint density at radius 1 is 0.903 bits per heavy atom. The number of carbonyl (C=O) groups excluding carboxylic acids is 2. The average Bonchev–Trinajstić information content (AvgIpc) is 2.70. The highest BCUT2D eigenvalue weighted by Gasteiger charge is 2.22. The van der Waals surface area contributed by atoms with Crippen LogP contribution in [-0.2, 0) is 20.8 Å². The monoisotopic (exact) mass is 430 g/mol. The molecule has 0 aromatic heterocycles. The number of aromatic hydroxyl groups is 4. The molecule has 0 bridgehead atoms. The fraction of sp³-hybridized carbons (Fsp3) is 0.190. The number of carboxylic acid groups (broad SMARTS) is 1. The molecule has 0 saturated carbocycles. The molecule has 10 heteroatoms. The molecule has 0 unspecified atom stereocenters. The largest absolute Gasteiger partial charge is 0.504 e. The van der Waals surface area contributed by atoms with Gasteiger partial charge in [0.25, 0.3) is 0 Å². The summed E-state index contributed by atoms with van der Waals surface area (Å²) in [5, 5.41) is 51.3.